The number of fused-ring (bicyclic) bond motifs is 1. The van der Waals surface area contributed by atoms with Gasteiger partial charge in [0.25, 0.3) is 10.0 Å². The predicted molar refractivity (Wildman–Crippen MR) is 169 cm³/mol. The van der Waals surface area contributed by atoms with Crippen molar-refractivity contribution in [3.05, 3.63) is 36.4 Å². The van der Waals surface area contributed by atoms with E-state index in [4.69, 9.17) is 14.2 Å². The number of sulfonamides is 1. The minimum absolute atomic E-state index is 0.0145. The van der Waals surface area contributed by atoms with Crippen molar-refractivity contribution in [1.29, 1.82) is 0 Å². The number of likely N-dealkylation sites (N-methyl/N-ethyl adjacent to an activating group) is 1. The number of nitrogens with zero attached hydrogens (tertiary/aromatic N) is 3. The first kappa shape index (κ1) is 33.4. The van der Waals surface area contributed by atoms with Crippen molar-refractivity contribution in [1.82, 2.24) is 14.6 Å². The van der Waals surface area contributed by atoms with E-state index < -0.39 is 48.5 Å². The molecule has 1 saturated carbocycles. The maximum Gasteiger partial charge on any atom is 0.260 e. The largest absolute Gasteiger partial charge is 0.491 e. The van der Waals surface area contributed by atoms with E-state index in [0.29, 0.717) is 70.0 Å². The average molecular weight is 681 g/mol. The lowest BCUT2D eigenvalue weighted by atomic mass is 9.88. The Kier molecular flexibility index (Phi) is 8.83. The molecule has 3 N–H and O–H groups in total. The van der Waals surface area contributed by atoms with Crippen LogP contribution in [0.1, 0.15) is 46.0 Å². The van der Waals surface area contributed by atoms with Gasteiger partial charge in [0.2, 0.25) is 5.88 Å². The molecule has 3 fully saturated rings. The fourth-order valence-electron chi connectivity index (χ4n) is 6.65. The molecule has 1 spiro atoms. The van der Waals surface area contributed by atoms with Gasteiger partial charge < -0.3 is 34.6 Å². The summed E-state index contributed by atoms with van der Waals surface area (Å²) in [4.78, 5) is 6.52. The van der Waals surface area contributed by atoms with E-state index in [1.54, 1.807) is 18.2 Å². The third-order valence-corrected chi connectivity index (χ3v) is 13.9. The Morgan fingerprint density at radius 2 is 1.85 bits per heavy atom. The van der Waals surface area contributed by atoms with E-state index >= 15 is 0 Å². The van der Waals surface area contributed by atoms with Gasteiger partial charge in [0, 0.05) is 32.7 Å². The molecular weight excluding hydrogens is 636 g/mol. The second kappa shape index (κ2) is 12.2. The number of benzene rings is 1. The van der Waals surface area contributed by atoms with Crippen LogP contribution in [0.3, 0.4) is 0 Å². The zero-order chi connectivity index (χ0) is 33.0. The Morgan fingerprint density at radius 1 is 1.11 bits per heavy atom. The highest BCUT2D eigenvalue weighted by Crippen LogP contribution is 2.46. The van der Waals surface area contributed by atoms with E-state index in [2.05, 4.69) is 10.3 Å². The van der Waals surface area contributed by atoms with Crippen LogP contribution in [0.25, 0.3) is 0 Å². The molecule has 1 aliphatic carbocycles. The van der Waals surface area contributed by atoms with Gasteiger partial charge in [-0.3, -0.25) is 0 Å². The fraction of sp³-hybridized carbons (Fsp3) is 0.645. The summed E-state index contributed by atoms with van der Waals surface area (Å²) in [6.45, 7) is 5.41. The molecule has 0 amide bonds. The van der Waals surface area contributed by atoms with Gasteiger partial charge in [0.15, 0.2) is 14.9 Å². The molecular formula is C31H44N4O9S2. The molecule has 3 aliphatic heterocycles. The molecule has 0 radical (unpaired) electrons. The van der Waals surface area contributed by atoms with E-state index in [1.165, 1.54) is 22.5 Å². The zero-order valence-corrected chi connectivity index (χ0v) is 28.1. The van der Waals surface area contributed by atoms with Crippen LogP contribution in [-0.4, -0.2) is 117 Å². The summed E-state index contributed by atoms with van der Waals surface area (Å²) in [7, 11) is -5.56. The lowest BCUT2D eigenvalue weighted by molar-refractivity contribution is -0.0312. The molecule has 46 heavy (non-hydrogen) atoms. The van der Waals surface area contributed by atoms with Gasteiger partial charge >= 0.3 is 0 Å². The van der Waals surface area contributed by atoms with Crippen LogP contribution < -0.4 is 19.7 Å². The van der Waals surface area contributed by atoms with Crippen LogP contribution in [-0.2, 0) is 24.6 Å². The number of anilines is 1. The first-order valence-corrected chi connectivity index (χ1v) is 18.7. The SMILES string of the molecule is CN1CC(C)(C)Oc2nc(S(=O)(=O)N3CCC4(CC3)CC(NCC(O)COc3cccc(S(=O)(=O)C5(CO)CC5)c3)CO4)ccc21. The maximum atomic E-state index is 13.5. The maximum absolute atomic E-state index is 13.5. The summed E-state index contributed by atoms with van der Waals surface area (Å²) in [6, 6.07) is 9.41. The van der Waals surface area contributed by atoms with Crippen molar-refractivity contribution in [3.8, 4) is 11.6 Å². The van der Waals surface area contributed by atoms with Crippen LogP contribution >= 0.6 is 0 Å². The number of sulfone groups is 1. The molecule has 2 atom stereocenters. The van der Waals surface area contributed by atoms with Gasteiger partial charge in [-0.1, -0.05) is 6.07 Å². The van der Waals surface area contributed by atoms with Crippen molar-refractivity contribution in [2.75, 3.05) is 57.9 Å². The minimum atomic E-state index is -3.82. The molecule has 6 rings (SSSR count). The highest BCUT2D eigenvalue weighted by Gasteiger charge is 2.54. The monoisotopic (exact) mass is 680 g/mol. The van der Waals surface area contributed by atoms with Gasteiger partial charge in [-0.25, -0.2) is 16.8 Å². The zero-order valence-electron chi connectivity index (χ0n) is 26.5. The summed E-state index contributed by atoms with van der Waals surface area (Å²) in [6.07, 6.45) is 1.80. The Labute approximate surface area is 270 Å². The van der Waals surface area contributed by atoms with Crippen molar-refractivity contribution in [2.45, 2.75) is 84.0 Å². The Balaban J connectivity index is 0.976. The predicted octanol–water partition coefficient (Wildman–Crippen LogP) is 1.33. The molecule has 254 valence electrons. The third kappa shape index (κ3) is 6.47. The van der Waals surface area contributed by atoms with Crippen LogP contribution in [0.4, 0.5) is 5.69 Å². The van der Waals surface area contributed by atoms with E-state index in [9.17, 15) is 27.0 Å². The molecule has 15 heteroatoms. The van der Waals surface area contributed by atoms with E-state index in [1.807, 2.05) is 25.8 Å². The Bertz CT molecular complexity index is 1660. The van der Waals surface area contributed by atoms with Gasteiger partial charge in [0.05, 0.1) is 40.7 Å². The Morgan fingerprint density at radius 3 is 2.54 bits per heavy atom. The summed E-state index contributed by atoms with van der Waals surface area (Å²) < 4.78 is 71.1. The number of piperidine rings is 1. The van der Waals surface area contributed by atoms with Gasteiger partial charge in [0.1, 0.15) is 24.1 Å². The Hall–Kier alpha value is -2.53. The topological polar surface area (TPSA) is 168 Å². The van der Waals surface area contributed by atoms with E-state index in [0.717, 1.165) is 5.69 Å². The van der Waals surface area contributed by atoms with Crippen molar-refractivity contribution in [3.63, 3.8) is 0 Å². The second-order valence-corrected chi connectivity index (χ2v) is 17.9. The third-order valence-electron chi connectivity index (χ3n) is 9.53. The van der Waals surface area contributed by atoms with Gasteiger partial charge in [-0.05, 0) is 76.3 Å². The standard InChI is InChI=1S/C31H44N4O9S2/c1-29(2)20-34(3)26-7-8-27(33-28(26)44-29)46(40,41)35-13-11-30(12-14-35)16-22(18-43-30)32-17-23(37)19-42-24-5-4-6-25(15-24)45(38,39)31(21-36)9-10-31/h4-8,15,22-23,32,36-37H,9-14,16-21H2,1-3H3. The smallest absolute Gasteiger partial charge is 0.260 e. The van der Waals surface area contributed by atoms with Crippen LogP contribution in [0, 0.1) is 0 Å². The van der Waals surface area contributed by atoms with E-state index in [-0.39, 0.29) is 29.1 Å². The second-order valence-electron chi connectivity index (χ2n) is 13.7. The summed E-state index contributed by atoms with van der Waals surface area (Å²) in [5, 5.41) is 23.4. The number of aliphatic hydroxyl groups is 2. The first-order valence-electron chi connectivity index (χ1n) is 15.7. The molecule has 4 heterocycles. The lowest BCUT2D eigenvalue weighted by Crippen LogP contribution is -2.47. The number of aliphatic hydroxyl groups excluding tert-OH is 2. The fourth-order valence-corrected chi connectivity index (χ4v) is 9.86. The number of rotatable bonds is 11. The first-order chi connectivity index (χ1) is 21.7. The molecule has 4 aliphatic rings. The van der Waals surface area contributed by atoms with Crippen LogP contribution in [0.5, 0.6) is 11.6 Å². The van der Waals surface area contributed by atoms with Crippen LogP contribution in [0.15, 0.2) is 46.3 Å². The highest BCUT2D eigenvalue weighted by molar-refractivity contribution is 7.93. The normalized spacial score (nSPS) is 24.3. The quantitative estimate of drug-likeness (QED) is 0.312. The number of hydrogen-bond donors (Lipinski definition) is 3. The number of pyridine rings is 1. The van der Waals surface area contributed by atoms with Gasteiger partial charge in [-0.15, -0.1) is 0 Å². The lowest BCUT2D eigenvalue weighted by Gasteiger charge is -2.39. The number of aromatic nitrogens is 1. The highest BCUT2D eigenvalue weighted by atomic mass is 32.2. The number of ether oxygens (including phenoxy) is 3. The molecule has 1 aromatic carbocycles. The van der Waals surface area contributed by atoms with Crippen molar-refractivity contribution < 1.29 is 41.3 Å². The van der Waals surface area contributed by atoms with Crippen molar-refractivity contribution >= 4 is 25.5 Å². The van der Waals surface area contributed by atoms with Crippen molar-refractivity contribution in [2.24, 2.45) is 0 Å². The molecule has 13 nitrogen and oxygen atoms in total. The molecule has 0 bridgehead atoms. The summed E-state index contributed by atoms with van der Waals surface area (Å²) in [5.41, 5.74) is -0.167. The molecule has 2 aromatic rings. The molecule has 2 unspecified atom stereocenters. The average Bonchev–Trinajstić information content (AvgIpc) is 3.74. The summed E-state index contributed by atoms with van der Waals surface area (Å²) >= 11 is 0. The molecule has 1 aromatic heterocycles. The number of hydrogen-bond acceptors (Lipinski definition) is 12. The minimum Gasteiger partial charge on any atom is -0.491 e. The van der Waals surface area contributed by atoms with Gasteiger partial charge in [-0.2, -0.15) is 9.29 Å². The molecule has 2 saturated heterocycles. The number of nitrogens with one attached hydrogen (secondary N) is 1. The van der Waals surface area contributed by atoms with Crippen LogP contribution in [0.2, 0.25) is 0 Å². The summed E-state index contributed by atoms with van der Waals surface area (Å²) in [5.74, 6) is 0.646.